The van der Waals surface area contributed by atoms with Crippen LogP contribution in [0.3, 0.4) is 0 Å². The van der Waals surface area contributed by atoms with Crippen LogP contribution in [0.5, 0.6) is 0 Å². The molecule has 0 spiro atoms. The molecule has 0 saturated carbocycles. The first-order valence-electron chi connectivity index (χ1n) is 5.29. The molecule has 1 N–H and O–H groups in total. The zero-order valence-corrected chi connectivity index (χ0v) is 12.0. The number of benzene rings is 1. The highest BCUT2D eigenvalue weighted by Gasteiger charge is 2.16. The monoisotopic (exact) mass is 285 g/mol. The molecule has 0 bridgehead atoms. The van der Waals surface area contributed by atoms with Gasteiger partial charge in [-0.25, -0.2) is 0 Å². The fourth-order valence-electron chi connectivity index (χ4n) is 1.85. The molecule has 2 rings (SSSR count). The lowest BCUT2D eigenvalue weighted by Gasteiger charge is -2.17. The van der Waals surface area contributed by atoms with E-state index in [2.05, 4.69) is 23.7 Å². The second-order valence-electron chi connectivity index (χ2n) is 3.88. The topological polar surface area (TPSA) is 12.0 Å². The molecule has 1 aromatic carbocycles. The Labute approximate surface area is 115 Å². The number of thiophene rings is 1. The van der Waals surface area contributed by atoms with Gasteiger partial charge in [-0.05, 0) is 54.7 Å². The lowest BCUT2D eigenvalue weighted by Crippen LogP contribution is -2.17. The van der Waals surface area contributed by atoms with Gasteiger partial charge < -0.3 is 5.32 Å². The van der Waals surface area contributed by atoms with E-state index in [9.17, 15) is 0 Å². The van der Waals surface area contributed by atoms with Gasteiger partial charge in [0.25, 0.3) is 0 Å². The second kappa shape index (κ2) is 5.40. The Balaban J connectivity index is 2.45. The summed E-state index contributed by atoms with van der Waals surface area (Å²) in [5, 5.41) is 6.87. The third-order valence-corrected chi connectivity index (χ3v) is 4.10. The van der Waals surface area contributed by atoms with Gasteiger partial charge in [0.15, 0.2) is 0 Å². The van der Waals surface area contributed by atoms with E-state index >= 15 is 0 Å². The van der Waals surface area contributed by atoms with Crippen molar-refractivity contribution in [1.82, 2.24) is 5.32 Å². The van der Waals surface area contributed by atoms with Gasteiger partial charge in [-0.2, -0.15) is 0 Å². The molecule has 2 aromatic rings. The SMILES string of the molecule is CNC(c1csc(C)c1)c1cc(Cl)ccc1Cl. The van der Waals surface area contributed by atoms with Crippen molar-refractivity contribution in [3.05, 3.63) is 55.7 Å². The molecule has 0 saturated heterocycles. The fourth-order valence-corrected chi connectivity index (χ4v) is 2.99. The van der Waals surface area contributed by atoms with E-state index in [-0.39, 0.29) is 6.04 Å². The molecule has 17 heavy (non-hydrogen) atoms. The molecule has 1 nitrogen and oxygen atoms in total. The molecule has 0 aliphatic rings. The minimum absolute atomic E-state index is 0.0890. The zero-order chi connectivity index (χ0) is 12.4. The van der Waals surface area contributed by atoms with E-state index in [4.69, 9.17) is 23.2 Å². The third-order valence-electron chi connectivity index (χ3n) is 2.64. The van der Waals surface area contributed by atoms with Crippen LogP contribution in [0.4, 0.5) is 0 Å². The summed E-state index contributed by atoms with van der Waals surface area (Å²) < 4.78 is 0. The lowest BCUT2D eigenvalue weighted by atomic mass is 10.0. The highest BCUT2D eigenvalue weighted by Crippen LogP contribution is 2.32. The number of aryl methyl sites for hydroxylation is 1. The average molecular weight is 286 g/mol. The minimum Gasteiger partial charge on any atom is -0.309 e. The number of hydrogen-bond acceptors (Lipinski definition) is 2. The van der Waals surface area contributed by atoms with E-state index in [0.717, 1.165) is 10.6 Å². The molecule has 0 fully saturated rings. The van der Waals surface area contributed by atoms with Gasteiger partial charge in [-0.15, -0.1) is 11.3 Å². The van der Waals surface area contributed by atoms with Crippen LogP contribution in [-0.2, 0) is 0 Å². The molecule has 0 amide bonds. The van der Waals surface area contributed by atoms with E-state index in [1.54, 1.807) is 17.4 Å². The van der Waals surface area contributed by atoms with Crippen molar-refractivity contribution in [3.8, 4) is 0 Å². The first-order valence-corrected chi connectivity index (χ1v) is 6.92. The maximum atomic E-state index is 6.23. The van der Waals surface area contributed by atoms with Gasteiger partial charge in [0.1, 0.15) is 0 Å². The van der Waals surface area contributed by atoms with Crippen LogP contribution < -0.4 is 5.32 Å². The first kappa shape index (κ1) is 12.9. The van der Waals surface area contributed by atoms with Crippen molar-refractivity contribution in [1.29, 1.82) is 0 Å². The predicted molar refractivity (Wildman–Crippen MR) is 76.4 cm³/mol. The molecule has 1 atom stereocenters. The molecular weight excluding hydrogens is 273 g/mol. The van der Waals surface area contributed by atoms with Crippen molar-refractivity contribution < 1.29 is 0 Å². The molecule has 1 heterocycles. The van der Waals surface area contributed by atoms with E-state index in [1.165, 1.54) is 10.4 Å². The maximum Gasteiger partial charge on any atom is 0.0597 e. The summed E-state index contributed by atoms with van der Waals surface area (Å²) >= 11 is 14.0. The summed E-state index contributed by atoms with van der Waals surface area (Å²) in [4.78, 5) is 1.29. The number of rotatable bonds is 3. The average Bonchev–Trinajstić information content (AvgIpc) is 2.71. The Kier molecular flexibility index (Phi) is 4.10. The summed E-state index contributed by atoms with van der Waals surface area (Å²) in [5.74, 6) is 0. The van der Waals surface area contributed by atoms with Crippen molar-refractivity contribution >= 4 is 34.5 Å². The largest absolute Gasteiger partial charge is 0.309 e. The Morgan fingerprint density at radius 2 is 2.00 bits per heavy atom. The van der Waals surface area contributed by atoms with Gasteiger partial charge in [0, 0.05) is 14.9 Å². The van der Waals surface area contributed by atoms with Crippen molar-refractivity contribution in [2.75, 3.05) is 7.05 Å². The van der Waals surface area contributed by atoms with Gasteiger partial charge in [0.05, 0.1) is 6.04 Å². The second-order valence-corrected chi connectivity index (χ2v) is 5.84. The Hall–Kier alpha value is -0.540. The van der Waals surface area contributed by atoms with Crippen molar-refractivity contribution in [2.45, 2.75) is 13.0 Å². The van der Waals surface area contributed by atoms with Crippen LogP contribution in [0.25, 0.3) is 0 Å². The zero-order valence-electron chi connectivity index (χ0n) is 9.63. The summed E-state index contributed by atoms with van der Waals surface area (Å²) in [6, 6.07) is 7.81. The molecule has 0 radical (unpaired) electrons. The predicted octanol–water partition coefficient (Wildman–Crippen LogP) is 4.67. The molecule has 0 aliphatic heterocycles. The lowest BCUT2D eigenvalue weighted by molar-refractivity contribution is 0.694. The molecule has 1 unspecified atom stereocenters. The minimum atomic E-state index is 0.0890. The highest BCUT2D eigenvalue weighted by molar-refractivity contribution is 7.10. The van der Waals surface area contributed by atoms with Crippen LogP contribution in [0.15, 0.2) is 29.6 Å². The summed E-state index contributed by atoms with van der Waals surface area (Å²) in [6.07, 6.45) is 0. The Bertz CT molecular complexity index is 522. The van der Waals surface area contributed by atoms with E-state index in [1.807, 2.05) is 19.2 Å². The van der Waals surface area contributed by atoms with Gasteiger partial charge in [-0.3, -0.25) is 0 Å². The number of nitrogens with one attached hydrogen (secondary N) is 1. The standard InChI is InChI=1S/C13H13Cl2NS/c1-8-5-9(7-17-8)13(16-2)11-6-10(14)3-4-12(11)15/h3-7,13,16H,1-2H3. The van der Waals surface area contributed by atoms with Gasteiger partial charge >= 0.3 is 0 Å². The molecule has 0 aliphatic carbocycles. The third kappa shape index (κ3) is 2.83. The van der Waals surface area contributed by atoms with Crippen molar-refractivity contribution in [2.24, 2.45) is 0 Å². The molecular formula is C13H13Cl2NS. The first-order chi connectivity index (χ1) is 8.11. The summed E-state index contributed by atoms with van der Waals surface area (Å²) in [5.41, 5.74) is 2.23. The van der Waals surface area contributed by atoms with E-state index in [0.29, 0.717) is 5.02 Å². The Morgan fingerprint density at radius 3 is 2.59 bits per heavy atom. The van der Waals surface area contributed by atoms with Crippen LogP contribution in [-0.4, -0.2) is 7.05 Å². The molecule has 1 aromatic heterocycles. The molecule has 90 valence electrons. The summed E-state index contributed by atoms with van der Waals surface area (Å²) in [6.45, 7) is 2.10. The van der Waals surface area contributed by atoms with Crippen LogP contribution in [0.2, 0.25) is 10.0 Å². The van der Waals surface area contributed by atoms with Crippen molar-refractivity contribution in [3.63, 3.8) is 0 Å². The highest BCUT2D eigenvalue weighted by atomic mass is 35.5. The number of halogens is 2. The normalized spacial score (nSPS) is 12.7. The van der Waals surface area contributed by atoms with Gasteiger partial charge in [-0.1, -0.05) is 23.2 Å². The fraction of sp³-hybridized carbons (Fsp3) is 0.231. The van der Waals surface area contributed by atoms with Gasteiger partial charge in [0.2, 0.25) is 0 Å². The van der Waals surface area contributed by atoms with Crippen LogP contribution in [0, 0.1) is 6.92 Å². The van der Waals surface area contributed by atoms with E-state index < -0.39 is 0 Å². The quantitative estimate of drug-likeness (QED) is 0.864. The smallest absolute Gasteiger partial charge is 0.0597 e. The number of hydrogen-bond donors (Lipinski definition) is 1. The summed E-state index contributed by atoms with van der Waals surface area (Å²) in [7, 11) is 1.93. The van der Waals surface area contributed by atoms with Crippen LogP contribution >= 0.6 is 34.5 Å². The maximum absolute atomic E-state index is 6.23. The van der Waals surface area contributed by atoms with Crippen LogP contribution in [0.1, 0.15) is 22.0 Å². The molecule has 4 heteroatoms. The Morgan fingerprint density at radius 1 is 1.24 bits per heavy atom.